The minimum Gasteiger partial charge on any atom is -0.497 e. The van der Waals surface area contributed by atoms with Gasteiger partial charge in [0, 0.05) is 18.8 Å². The predicted molar refractivity (Wildman–Crippen MR) is 118 cm³/mol. The summed E-state index contributed by atoms with van der Waals surface area (Å²) in [5.74, 6) is 0.815. The lowest BCUT2D eigenvalue weighted by Crippen LogP contribution is -2.51. The summed E-state index contributed by atoms with van der Waals surface area (Å²) in [7, 11) is 1.62. The molecule has 0 bridgehead atoms. The third-order valence-corrected chi connectivity index (χ3v) is 5.73. The normalized spacial score (nSPS) is 18.8. The van der Waals surface area contributed by atoms with Crippen molar-refractivity contribution in [2.24, 2.45) is 11.3 Å². The van der Waals surface area contributed by atoms with E-state index in [1.807, 2.05) is 37.3 Å². The second-order valence-electron chi connectivity index (χ2n) is 8.74. The third kappa shape index (κ3) is 5.46. The summed E-state index contributed by atoms with van der Waals surface area (Å²) in [5, 5.41) is 7.20. The predicted octanol–water partition coefficient (Wildman–Crippen LogP) is 3.65. The molecule has 3 rings (SSSR count). The Bertz CT molecular complexity index is 908. The van der Waals surface area contributed by atoms with E-state index in [0.717, 1.165) is 29.8 Å². The van der Waals surface area contributed by atoms with Crippen LogP contribution in [0.1, 0.15) is 55.4 Å². The Balaban J connectivity index is 1.83. The fourth-order valence-electron chi connectivity index (χ4n) is 4.32. The molecule has 7 heteroatoms. The summed E-state index contributed by atoms with van der Waals surface area (Å²) in [6.07, 6.45) is 2.73. The molecule has 1 aromatic carbocycles. The summed E-state index contributed by atoms with van der Waals surface area (Å²) in [4.78, 5) is 28.0. The minimum absolute atomic E-state index is 0.148. The van der Waals surface area contributed by atoms with Crippen molar-refractivity contribution in [2.75, 3.05) is 26.8 Å². The second kappa shape index (κ2) is 9.98. The van der Waals surface area contributed by atoms with Crippen molar-refractivity contribution in [1.29, 1.82) is 0 Å². The number of ether oxygens (including phenoxy) is 2. The van der Waals surface area contributed by atoms with Gasteiger partial charge in [0.2, 0.25) is 0 Å². The quantitative estimate of drug-likeness (QED) is 0.650. The first kappa shape index (κ1) is 22.8. The van der Waals surface area contributed by atoms with E-state index in [4.69, 9.17) is 9.47 Å². The molecule has 31 heavy (non-hydrogen) atoms. The number of hydrogen-bond donors (Lipinski definition) is 1. The maximum atomic E-state index is 13.2. The van der Waals surface area contributed by atoms with E-state index >= 15 is 0 Å². The SMILES string of the molecule is CCOC(=O)C1(Cc2cccc(OC)c2)CCCN(C(=O)c2cc(CC(C)C)[nH]n2)C1. The fraction of sp³-hybridized carbons (Fsp3) is 0.542. The van der Waals surface area contributed by atoms with Gasteiger partial charge in [-0.3, -0.25) is 14.7 Å². The molecule has 0 saturated carbocycles. The molecule has 7 nitrogen and oxygen atoms in total. The summed E-state index contributed by atoms with van der Waals surface area (Å²) in [6, 6.07) is 9.54. The van der Waals surface area contributed by atoms with Gasteiger partial charge < -0.3 is 14.4 Å². The van der Waals surface area contributed by atoms with E-state index in [0.29, 0.717) is 44.1 Å². The number of carbonyl (C=O) groups is 2. The number of rotatable bonds is 8. The molecule has 1 aliphatic rings. The monoisotopic (exact) mass is 427 g/mol. The standard InChI is InChI=1S/C24H33N3O4/c1-5-31-23(29)24(15-18-8-6-9-20(13-18)30-4)10-7-11-27(16-24)22(28)21-14-19(25-26-21)12-17(2)3/h6,8-9,13-14,17H,5,7,10-12,15-16H2,1-4H3,(H,25,26). The number of esters is 1. The van der Waals surface area contributed by atoms with Crippen LogP contribution in [0.4, 0.5) is 0 Å². The smallest absolute Gasteiger partial charge is 0.314 e. The van der Waals surface area contributed by atoms with Crippen LogP contribution < -0.4 is 4.74 Å². The number of H-pyrrole nitrogens is 1. The molecule has 1 atom stereocenters. The molecule has 2 aromatic rings. The van der Waals surface area contributed by atoms with Gasteiger partial charge in [0.15, 0.2) is 0 Å². The molecule has 1 N–H and O–H groups in total. The maximum Gasteiger partial charge on any atom is 0.314 e. The molecule has 168 valence electrons. The number of hydrogen-bond acceptors (Lipinski definition) is 5. The second-order valence-corrected chi connectivity index (χ2v) is 8.74. The van der Waals surface area contributed by atoms with E-state index in [2.05, 4.69) is 24.0 Å². The molecular formula is C24H33N3O4. The third-order valence-electron chi connectivity index (χ3n) is 5.73. The minimum atomic E-state index is -0.784. The number of aromatic nitrogens is 2. The molecule has 1 aliphatic heterocycles. The summed E-state index contributed by atoms with van der Waals surface area (Å²) in [6.45, 7) is 7.28. The number of benzene rings is 1. The Morgan fingerprint density at radius 1 is 1.29 bits per heavy atom. The fourth-order valence-corrected chi connectivity index (χ4v) is 4.32. The van der Waals surface area contributed by atoms with E-state index in [9.17, 15) is 9.59 Å². The van der Waals surface area contributed by atoms with Crippen LogP contribution in [0.2, 0.25) is 0 Å². The zero-order valence-corrected chi connectivity index (χ0v) is 18.9. The van der Waals surface area contributed by atoms with Crippen molar-refractivity contribution in [3.05, 3.63) is 47.3 Å². The molecule has 1 fully saturated rings. The first-order valence-electron chi connectivity index (χ1n) is 11.0. The van der Waals surface area contributed by atoms with Gasteiger partial charge in [-0.25, -0.2) is 0 Å². The number of likely N-dealkylation sites (tertiary alicyclic amines) is 1. The molecule has 0 spiro atoms. The molecule has 2 heterocycles. The zero-order valence-electron chi connectivity index (χ0n) is 18.9. The van der Waals surface area contributed by atoms with Gasteiger partial charge >= 0.3 is 5.97 Å². The first-order valence-corrected chi connectivity index (χ1v) is 11.0. The highest BCUT2D eigenvalue weighted by molar-refractivity contribution is 5.93. The average Bonchev–Trinajstić information content (AvgIpc) is 3.21. The average molecular weight is 428 g/mol. The van der Waals surface area contributed by atoms with E-state index in [1.165, 1.54) is 0 Å². The van der Waals surface area contributed by atoms with Crippen molar-refractivity contribution in [2.45, 2.75) is 46.5 Å². The highest BCUT2D eigenvalue weighted by atomic mass is 16.5. The molecular weight excluding hydrogens is 394 g/mol. The number of nitrogens with one attached hydrogen (secondary N) is 1. The van der Waals surface area contributed by atoms with Gasteiger partial charge in [-0.15, -0.1) is 0 Å². The molecule has 1 aromatic heterocycles. The lowest BCUT2D eigenvalue weighted by molar-refractivity contribution is -0.158. The lowest BCUT2D eigenvalue weighted by atomic mass is 9.75. The summed E-state index contributed by atoms with van der Waals surface area (Å²) >= 11 is 0. The van der Waals surface area contributed by atoms with Crippen LogP contribution in [-0.4, -0.2) is 53.8 Å². The van der Waals surface area contributed by atoms with Crippen molar-refractivity contribution >= 4 is 11.9 Å². The van der Waals surface area contributed by atoms with Crippen LogP contribution >= 0.6 is 0 Å². The van der Waals surface area contributed by atoms with Gasteiger partial charge in [-0.1, -0.05) is 26.0 Å². The molecule has 1 amide bonds. The number of aromatic amines is 1. The van der Waals surface area contributed by atoms with Crippen molar-refractivity contribution < 1.29 is 19.1 Å². The van der Waals surface area contributed by atoms with Crippen LogP contribution in [-0.2, 0) is 22.4 Å². The number of piperidine rings is 1. The Hall–Kier alpha value is -2.83. The van der Waals surface area contributed by atoms with Crippen LogP contribution in [0.25, 0.3) is 0 Å². The highest BCUT2D eigenvalue weighted by Crippen LogP contribution is 2.36. The zero-order chi connectivity index (χ0) is 22.4. The van der Waals surface area contributed by atoms with Gasteiger partial charge in [-0.05, 0) is 62.3 Å². The topological polar surface area (TPSA) is 84.5 Å². The van der Waals surface area contributed by atoms with Gasteiger partial charge in [-0.2, -0.15) is 5.10 Å². The Morgan fingerprint density at radius 2 is 2.10 bits per heavy atom. The number of amides is 1. The summed E-state index contributed by atoms with van der Waals surface area (Å²) < 4.78 is 10.8. The Labute approximate surface area is 184 Å². The number of nitrogens with zero attached hydrogens (tertiary/aromatic N) is 2. The molecule has 0 aliphatic carbocycles. The van der Waals surface area contributed by atoms with Gasteiger partial charge in [0.05, 0.1) is 19.1 Å². The number of methoxy groups -OCH3 is 1. The summed E-state index contributed by atoms with van der Waals surface area (Å²) in [5.41, 5.74) is 1.55. The number of carbonyl (C=O) groups excluding carboxylic acids is 2. The van der Waals surface area contributed by atoms with Crippen LogP contribution in [0.3, 0.4) is 0 Å². The van der Waals surface area contributed by atoms with Crippen molar-refractivity contribution in [3.8, 4) is 5.75 Å². The maximum absolute atomic E-state index is 13.2. The van der Waals surface area contributed by atoms with E-state index in [-0.39, 0.29) is 11.9 Å². The largest absolute Gasteiger partial charge is 0.497 e. The van der Waals surface area contributed by atoms with Crippen molar-refractivity contribution in [1.82, 2.24) is 15.1 Å². The van der Waals surface area contributed by atoms with Gasteiger partial charge in [0.25, 0.3) is 5.91 Å². The Kier molecular flexibility index (Phi) is 7.36. The Morgan fingerprint density at radius 3 is 2.81 bits per heavy atom. The van der Waals surface area contributed by atoms with Crippen LogP contribution in [0, 0.1) is 11.3 Å². The van der Waals surface area contributed by atoms with Gasteiger partial charge in [0.1, 0.15) is 11.4 Å². The lowest BCUT2D eigenvalue weighted by Gasteiger charge is -2.41. The molecule has 1 unspecified atom stereocenters. The van der Waals surface area contributed by atoms with Crippen LogP contribution in [0.15, 0.2) is 30.3 Å². The molecule has 1 saturated heterocycles. The van der Waals surface area contributed by atoms with E-state index < -0.39 is 5.41 Å². The first-order chi connectivity index (χ1) is 14.9. The highest BCUT2D eigenvalue weighted by Gasteiger charge is 2.45. The molecule has 0 radical (unpaired) electrons. The van der Waals surface area contributed by atoms with E-state index in [1.54, 1.807) is 12.0 Å². The van der Waals surface area contributed by atoms with Crippen molar-refractivity contribution in [3.63, 3.8) is 0 Å². The van der Waals surface area contributed by atoms with Crippen LogP contribution in [0.5, 0.6) is 5.75 Å².